The van der Waals surface area contributed by atoms with E-state index in [0.29, 0.717) is 12.4 Å². The molecule has 0 aliphatic heterocycles. The first-order valence-corrected chi connectivity index (χ1v) is 7.62. The van der Waals surface area contributed by atoms with Crippen LogP contribution in [0.3, 0.4) is 0 Å². The topological polar surface area (TPSA) is 73.2 Å². The monoisotopic (exact) mass is 295 g/mol. The van der Waals surface area contributed by atoms with Gasteiger partial charge >= 0.3 is 0 Å². The molecule has 0 amide bonds. The SMILES string of the molecule is COC(C)CNS(=O)(=O)c1cnn(CCCCl)c1. The van der Waals surface area contributed by atoms with E-state index in [9.17, 15) is 8.42 Å². The zero-order valence-electron chi connectivity index (χ0n) is 10.5. The van der Waals surface area contributed by atoms with Gasteiger partial charge in [-0.05, 0) is 13.3 Å². The van der Waals surface area contributed by atoms with Crippen molar-refractivity contribution < 1.29 is 13.2 Å². The van der Waals surface area contributed by atoms with Gasteiger partial charge in [0.25, 0.3) is 0 Å². The quantitative estimate of drug-likeness (QED) is 0.721. The smallest absolute Gasteiger partial charge is 0.243 e. The molecule has 1 rings (SSSR count). The fourth-order valence-corrected chi connectivity index (χ4v) is 2.41. The molecule has 0 saturated carbocycles. The van der Waals surface area contributed by atoms with Crippen molar-refractivity contribution in [3.63, 3.8) is 0 Å². The summed E-state index contributed by atoms with van der Waals surface area (Å²) >= 11 is 5.56. The number of sulfonamides is 1. The summed E-state index contributed by atoms with van der Waals surface area (Å²) in [6.45, 7) is 2.62. The lowest BCUT2D eigenvalue weighted by atomic mass is 10.4. The fourth-order valence-electron chi connectivity index (χ4n) is 1.22. The molecule has 0 saturated heterocycles. The molecule has 1 atom stereocenters. The lowest BCUT2D eigenvalue weighted by molar-refractivity contribution is 0.122. The average molecular weight is 296 g/mol. The third-order valence-electron chi connectivity index (χ3n) is 2.40. The van der Waals surface area contributed by atoms with Gasteiger partial charge in [0.1, 0.15) is 4.90 Å². The largest absolute Gasteiger partial charge is 0.380 e. The molecule has 0 bridgehead atoms. The van der Waals surface area contributed by atoms with Crippen molar-refractivity contribution in [2.24, 2.45) is 0 Å². The number of nitrogens with one attached hydrogen (secondary N) is 1. The Bertz CT molecular complexity index is 461. The number of aryl methyl sites for hydroxylation is 1. The van der Waals surface area contributed by atoms with Gasteiger partial charge in [-0.25, -0.2) is 13.1 Å². The van der Waals surface area contributed by atoms with Gasteiger partial charge in [0.15, 0.2) is 0 Å². The summed E-state index contributed by atoms with van der Waals surface area (Å²) in [6, 6.07) is 0. The Labute approximate surface area is 112 Å². The molecule has 0 radical (unpaired) electrons. The molecular formula is C10H18ClN3O3S. The van der Waals surface area contributed by atoms with Crippen molar-refractivity contribution in [3.8, 4) is 0 Å². The Kier molecular flexibility index (Phi) is 6.07. The van der Waals surface area contributed by atoms with Gasteiger partial charge in [0.2, 0.25) is 10.0 Å². The Morgan fingerprint density at radius 2 is 2.33 bits per heavy atom. The molecule has 6 nitrogen and oxygen atoms in total. The Hall–Kier alpha value is -0.630. The van der Waals surface area contributed by atoms with E-state index in [1.54, 1.807) is 11.6 Å². The van der Waals surface area contributed by atoms with Crippen LogP contribution in [0.15, 0.2) is 17.3 Å². The molecule has 1 unspecified atom stereocenters. The first-order valence-electron chi connectivity index (χ1n) is 5.60. The lowest BCUT2D eigenvalue weighted by Gasteiger charge is -2.10. The minimum atomic E-state index is -3.52. The number of aromatic nitrogens is 2. The molecule has 1 aromatic rings. The van der Waals surface area contributed by atoms with E-state index in [1.807, 2.05) is 0 Å². The number of hydrogen-bond acceptors (Lipinski definition) is 4. The molecule has 0 aliphatic rings. The molecule has 0 aliphatic carbocycles. The molecule has 1 N–H and O–H groups in total. The Morgan fingerprint density at radius 1 is 1.61 bits per heavy atom. The highest BCUT2D eigenvalue weighted by molar-refractivity contribution is 7.89. The number of halogens is 1. The molecular weight excluding hydrogens is 278 g/mol. The standard InChI is InChI=1S/C10H18ClN3O3S/c1-9(17-2)6-13-18(15,16)10-7-12-14(8-10)5-3-4-11/h7-9,13H,3-6H2,1-2H3. The summed E-state index contributed by atoms with van der Waals surface area (Å²) in [4.78, 5) is 0.153. The van der Waals surface area contributed by atoms with Crippen LogP contribution in [0.5, 0.6) is 0 Å². The maximum Gasteiger partial charge on any atom is 0.243 e. The number of hydrogen-bond donors (Lipinski definition) is 1. The molecule has 104 valence electrons. The maximum absolute atomic E-state index is 11.9. The number of alkyl halides is 1. The van der Waals surface area contributed by atoms with Gasteiger partial charge in [-0.2, -0.15) is 5.10 Å². The third-order valence-corrected chi connectivity index (χ3v) is 4.05. The van der Waals surface area contributed by atoms with Gasteiger partial charge in [-0.3, -0.25) is 4.68 Å². The fraction of sp³-hybridized carbons (Fsp3) is 0.700. The molecule has 0 aromatic carbocycles. The van der Waals surface area contributed by atoms with Crippen LogP contribution in [0, 0.1) is 0 Å². The molecule has 0 spiro atoms. The molecule has 1 aromatic heterocycles. The predicted molar refractivity (Wildman–Crippen MR) is 69.2 cm³/mol. The summed E-state index contributed by atoms with van der Waals surface area (Å²) < 4.78 is 32.8. The maximum atomic E-state index is 11.9. The van der Waals surface area contributed by atoms with Crippen LogP contribution in [0.4, 0.5) is 0 Å². The highest BCUT2D eigenvalue weighted by Gasteiger charge is 2.17. The minimum absolute atomic E-state index is 0.153. The zero-order valence-corrected chi connectivity index (χ0v) is 12.0. The van der Waals surface area contributed by atoms with E-state index in [1.165, 1.54) is 19.5 Å². The van der Waals surface area contributed by atoms with Crippen LogP contribution in [0.1, 0.15) is 13.3 Å². The van der Waals surface area contributed by atoms with E-state index >= 15 is 0 Å². The van der Waals surface area contributed by atoms with Crippen LogP contribution in [-0.2, 0) is 21.3 Å². The van der Waals surface area contributed by atoms with Gasteiger partial charge < -0.3 is 4.74 Å². The van der Waals surface area contributed by atoms with Crippen LogP contribution in [0.2, 0.25) is 0 Å². The van der Waals surface area contributed by atoms with Gasteiger partial charge in [0, 0.05) is 32.3 Å². The van der Waals surface area contributed by atoms with Crippen molar-refractivity contribution in [2.45, 2.75) is 30.9 Å². The van der Waals surface area contributed by atoms with Crippen molar-refractivity contribution in [1.29, 1.82) is 0 Å². The van der Waals surface area contributed by atoms with Gasteiger partial charge in [-0.15, -0.1) is 11.6 Å². The van der Waals surface area contributed by atoms with Crippen LogP contribution >= 0.6 is 11.6 Å². The Balaban J connectivity index is 2.64. The van der Waals surface area contributed by atoms with Gasteiger partial charge in [-0.1, -0.05) is 0 Å². The van der Waals surface area contributed by atoms with Crippen molar-refractivity contribution in [3.05, 3.63) is 12.4 Å². The van der Waals surface area contributed by atoms with Crippen molar-refractivity contribution in [1.82, 2.24) is 14.5 Å². The molecule has 1 heterocycles. The van der Waals surface area contributed by atoms with Crippen molar-refractivity contribution in [2.75, 3.05) is 19.5 Å². The number of methoxy groups -OCH3 is 1. The highest BCUT2D eigenvalue weighted by Crippen LogP contribution is 2.07. The second kappa shape index (κ2) is 7.08. The average Bonchev–Trinajstić information content (AvgIpc) is 2.83. The first-order chi connectivity index (χ1) is 8.49. The van der Waals surface area contributed by atoms with Gasteiger partial charge in [0.05, 0.1) is 12.3 Å². The van der Waals surface area contributed by atoms with E-state index in [-0.39, 0.29) is 17.5 Å². The second-order valence-corrected chi connectivity index (χ2v) is 6.02. The van der Waals surface area contributed by atoms with E-state index in [4.69, 9.17) is 16.3 Å². The third kappa shape index (κ3) is 4.56. The summed E-state index contributed by atoms with van der Waals surface area (Å²) in [6.07, 6.45) is 3.39. The predicted octanol–water partition coefficient (Wildman–Crippen LogP) is 0.825. The Morgan fingerprint density at radius 3 is 2.94 bits per heavy atom. The van der Waals surface area contributed by atoms with Crippen LogP contribution in [0.25, 0.3) is 0 Å². The lowest BCUT2D eigenvalue weighted by Crippen LogP contribution is -2.31. The first kappa shape index (κ1) is 15.4. The van der Waals surface area contributed by atoms with Crippen LogP contribution in [-0.4, -0.2) is 43.8 Å². The van der Waals surface area contributed by atoms with E-state index in [0.717, 1.165) is 6.42 Å². The number of ether oxygens (including phenoxy) is 1. The molecule has 18 heavy (non-hydrogen) atoms. The summed E-state index contributed by atoms with van der Waals surface area (Å²) in [7, 11) is -1.99. The zero-order chi connectivity index (χ0) is 13.6. The summed E-state index contributed by atoms with van der Waals surface area (Å²) in [5.41, 5.74) is 0. The second-order valence-electron chi connectivity index (χ2n) is 3.88. The summed E-state index contributed by atoms with van der Waals surface area (Å²) in [5.74, 6) is 0.519. The molecule has 0 fully saturated rings. The highest BCUT2D eigenvalue weighted by atomic mass is 35.5. The van der Waals surface area contributed by atoms with Crippen LogP contribution < -0.4 is 4.72 Å². The van der Waals surface area contributed by atoms with E-state index < -0.39 is 10.0 Å². The van der Waals surface area contributed by atoms with E-state index in [2.05, 4.69) is 9.82 Å². The number of rotatable bonds is 8. The molecule has 8 heteroatoms. The van der Waals surface area contributed by atoms with Crippen molar-refractivity contribution >= 4 is 21.6 Å². The number of nitrogens with zero attached hydrogens (tertiary/aromatic N) is 2. The minimum Gasteiger partial charge on any atom is -0.380 e. The normalized spacial score (nSPS) is 13.7. The summed E-state index contributed by atoms with van der Waals surface area (Å²) in [5, 5.41) is 3.97.